The van der Waals surface area contributed by atoms with Crippen LogP contribution in [0, 0.1) is 0 Å². The smallest absolute Gasteiger partial charge is 0.136 e. The van der Waals surface area contributed by atoms with E-state index in [9.17, 15) is 5.11 Å². The minimum absolute atomic E-state index is 0.104. The molecule has 2 aromatic rings. The van der Waals surface area contributed by atoms with Crippen molar-refractivity contribution in [1.29, 1.82) is 0 Å². The van der Waals surface area contributed by atoms with Crippen LogP contribution in [0.5, 0.6) is 17.2 Å². The lowest BCUT2D eigenvalue weighted by Crippen LogP contribution is -2.47. The molecule has 4 rings (SSSR count). The van der Waals surface area contributed by atoms with Gasteiger partial charge in [0, 0.05) is 29.8 Å². The molecule has 2 aromatic carbocycles. The summed E-state index contributed by atoms with van der Waals surface area (Å²) in [6.07, 6.45) is 2.43. The highest BCUT2D eigenvalue weighted by Gasteiger charge is 2.30. The largest absolute Gasteiger partial charge is 0.508 e. The van der Waals surface area contributed by atoms with Crippen molar-refractivity contribution < 1.29 is 9.84 Å². The standard InChI is InChI=1S/C20H24N2O2/c1-2-22-11-5-6-14(13-22)21-20-16-7-3-4-8-18(16)24-19-12-15(23)9-10-17(19)20/h3-4,7-10,12,14,20-21,23H,2,5-6,11,13H2,1H3. The summed E-state index contributed by atoms with van der Waals surface area (Å²) in [7, 11) is 0. The second-order valence-electron chi connectivity index (χ2n) is 6.69. The van der Waals surface area contributed by atoms with E-state index in [-0.39, 0.29) is 11.8 Å². The van der Waals surface area contributed by atoms with Gasteiger partial charge in [0.1, 0.15) is 17.2 Å². The molecule has 1 saturated heterocycles. The molecule has 0 spiro atoms. The number of benzene rings is 2. The van der Waals surface area contributed by atoms with Gasteiger partial charge in [0.15, 0.2) is 0 Å². The summed E-state index contributed by atoms with van der Waals surface area (Å²) in [5.41, 5.74) is 2.27. The van der Waals surface area contributed by atoms with Gasteiger partial charge in [-0.2, -0.15) is 0 Å². The van der Waals surface area contributed by atoms with Gasteiger partial charge in [-0.05, 0) is 44.1 Å². The fraction of sp³-hybridized carbons (Fsp3) is 0.400. The minimum atomic E-state index is 0.104. The fourth-order valence-corrected chi connectivity index (χ4v) is 3.84. The Balaban J connectivity index is 1.66. The molecule has 1 fully saturated rings. The SMILES string of the molecule is CCN1CCCC(NC2c3ccccc3Oc3cc(O)ccc32)C1. The van der Waals surface area contributed by atoms with E-state index in [1.54, 1.807) is 12.1 Å². The number of ether oxygens (including phenoxy) is 1. The monoisotopic (exact) mass is 324 g/mol. The second-order valence-corrected chi connectivity index (χ2v) is 6.69. The first-order chi connectivity index (χ1) is 11.7. The van der Waals surface area contributed by atoms with E-state index in [0.717, 1.165) is 30.2 Å². The number of nitrogens with zero attached hydrogens (tertiary/aromatic N) is 1. The molecule has 0 radical (unpaired) electrons. The van der Waals surface area contributed by atoms with Crippen LogP contribution < -0.4 is 10.1 Å². The van der Waals surface area contributed by atoms with Gasteiger partial charge in [-0.1, -0.05) is 25.1 Å². The quantitative estimate of drug-likeness (QED) is 0.904. The number of phenols is 1. The zero-order chi connectivity index (χ0) is 16.5. The van der Waals surface area contributed by atoms with E-state index in [1.165, 1.54) is 24.9 Å². The van der Waals surface area contributed by atoms with E-state index in [1.807, 2.05) is 18.2 Å². The molecule has 4 nitrogen and oxygen atoms in total. The molecule has 4 heteroatoms. The second kappa shape index (κ2) is 6.46. The predicted molar refractivity (Wildman–Crippen MR) is 94.7 cm³/mol. The van der Waals surface area contributed by atoms with E-state index < -0.39 is 0 Å². The average Bonchev–Trinajstić information content (AvgIpc) is 2.61. The summed E-state index contributed by atoms with van der Waals surface area (Å²) in [5.74, 6) is 1.85. The molecule has 2 unspecified atom stereocenters. The number of nitrogens with one attached hydrogen (secondary N) is 1. The van der Waals surface area contributed by atoms with Gasteiger partial charge in [-0.3, -0.25) is 0 Å². The molecular weight excluding hydrogens is 300 g/mol. The Morgan fingerprint density at radius 1 is 1.17 bits per heavy atom. The Kier molecular flexibility index (Phi) is 4.17. The molecule has 126 valence electrons. The first-order valence-corrected chi connectivity index (χ1v) is 8.82. The molecular formula is C20H24N2O2. The van der Waals surface area contributed by atoms with Crippen LogP contribution in [-0.4, -0.2) is 35.7 Å². The average molecular weight is 324 g/mol. The van der Waals surface area contributed by atoms with Crippen molar-refractivity contribution in [2.24, 2.45) is 0 Å². The Bertz CT molecular complexity index is 731. The highest BCUT2D eigenvalue weighted by Crippen LogP contribution is 2.44. The molecule has 2 aliphatic rings. The van der Waals surface area contributed by atoms with E-state index >= 15 is 0 Å². The minimum Gasteiger partial charge on any atom is -0.508 e. The zero-order valence-corrected chi connectivity index (χ0v) is 14.0. The zero-order valence-electron chi connectivity index (χ0n) is 14.0. The van der Waals surface area contributed by atoms with Crippen molar-refractivity contribution in [2.75, 3.05) is 19.6 Å². The van der Waals surface area contributed by atoms with E-state index in [4.69, 9.17) is 4.74 Å². The third-order valence-electron chi connectivity index (χ3n) is 5.11. The predicted octanol–water partition coefficient (Wildman–Crippen LogP) is 3.66. The van der Waals surface area contributed by atoms with Crippen molar-refractivity contribution in [3.05, 3.63) is 53.6 Å². The lowest BCUT2D eigenvalue weighted by Gasteiger charge is -2.37. The molecule has 24 heavy (non-hydrogen) atoms. The molecule has 2 aliphatic heterocycles. The molecule has 2 heterocycles. The third kappa shape index (κ3) is 2.87. The highest BCUT2D eigenvalue weighted by molar-refractivity contribution is 5.54. The number of hydrogen-bond donors (Lipinski definition) is 2. The number of hydrogen-bond acceptors (Lipinski definition) is 4. The van der Waals surface area contributed by atoms with Gasteiger partial charge < -0.3 is 20.1 Å². The number of piperidine rings is 1. The van der Waals surface area contributed by atoms with Crippen LogP contribution in [0.15, 0.2) is 42.5 Å². The van der Waals surface area contributed by atoms with Gasteiger partial charge >= 0.3 is 0 Å². The number of likely N-dealkylation sites (N-methyl/N-ethyl adjacent to an activating group) is 1. The van der Waals surface area contributed by atoms with Crippen LogP contribution in [0.25, 0.3) is 0 Å². The Labute approximate surface area is 143 Å². The molecule has 0 saturated carbocycles. The van der Waals surface area contributed by atoms with E-state index in [2.05, 4.69) is 29.3 Å². The van der Waals surface area contributed by atoms with Crippen molar-refractivity contribution in [2.45, 2.75) is 31.8 Å². The molecule has 0 amide bonds. The highest BCUT2D eigenvalue weighted by atomic mass is 16.5. The van der Waals surface area contributed by atoms with Crippen LogP contribution >= 0.6 is 0 Å². The first kappa shape index (κ1) is 15.5. The lowest BCUT2D eigenvalue weighted by molar-refractivity contribution is 0.192. The van der Waals surface area contributed by atoms with Crippen LogP contribution in [0.4, 0.5) is 0 Å². The van der Waals surface area contributed by atoms with E-state index in [0.29, 0.717) is 6.04 Å². The van der Waals surface area contributed by atoms with Crippen molar-refractivity contribution in [1.82, 2.24) is 10.2 Å². The van der Waals surface area contributed by atoms with Crippen LogP contribution in [0.2, 0.25) is 0 Å². The number of para-hydroxylation sites is 1. The topological polar surface area (TPSA) is 44.7 Å². The van der Waals surface area contributed by atoms with Crippen LogP contribution in [0.3, 0.4) is 0 Å². The van der Waals surface area contributed by atoms with Crippen LogP contribution in [0.1, 0.15) is 36.9 Å². The van der Waals surface area contributed by atoms with Gasteiger partial charge in [0.2, 0.25) is 0 Å². The summed E-state index contributed by atoms with van der Waals surface area (Å²) in [6.45, 7) is 5.62. The third-order valence-corrected chi connectivity index (χ3v) is 5.11. The Hall–Kier alpha value is -2.04. The van der Waals surface area contributed by atoms with Gasteiger partial charge in [-0.15, -0.1) is 0 Å². The maximum absolute atomic E-state index is 9.80. The lowest BCUT2D eigenvalue weighted by atomic mass is 9.92. The van der Waals surface area contributed by atoms with Crippen LogP contribution in [-0.2, 0) is 0 Å². The van der Waals surface area contributed by atoms with Crippen molar-refractivity contribution >= 4 is 0 Å². The number of fused-ring (bicyclic) bond motifs is 2. The number of rotatable bonds is 3. The van der Waals surface area contributed by atoms with Crippen molar-refractivity contribution in [3.8, 4) is 17.2 Å². The number of aromatic hydroxyl groups is 1. The van der Waals surface area contributed by atoms with Gasteiger partial charge in [-0.25, -0.2) is 0 Å². The molecule has 2 N–H and O–H groups in total. The first-order valence-electron chi connectivity index (χ1n) is 8.82. The van der Waals surface area contributed by atoms with Crippen molar-refractivity contribution in [3.63, 3.8) is 0 Å². The maximum Gasteiger partial charge on any atom is 0.136 e. The number of phenolic OH excluding ortho intramolecular Hbond substituents is 1. The summed E-state index contributed by atoms with van der Waals surface area (Å²) in [6, 6.07) is 14.2. The maximum atomic E-state index is 9.80. The Morgan fingerprint density at radius 2 is 2.00 bits per heavy atom. The normalized spacial score (nSPS) is 23.2. The molecule has 0 aliphatic carbocycles. The summed E-state index contributed by atoms with van der Waals surface area (Å²) in [5, 5.41) is 13.7. The molecule has 0 bridgehead atoms. The van der Waals surface area contributed by atoms with Gasteiger partial charge in [0.05, 0.1) is 6.04 Å². The summed E-state index contributed by atoms with van der Waals surface area (Å²) >= 11 is 0. The van der Waals surface area contributed by atoms with Gasteiger partial charge in [0.25, 0.3) is 0 Å². The summed E-state index contributed by atoms with van der Waals surface area (Å²) in [4.78, 5) is 2.50. The molecule has 0 aromatic heterocycles. The Morgan fingerprint density at radius 3 is 2.88 bits per heavy atom. The number of likely N-dealkylation sites (tertiary alicyclic amines) is 1. The fourth-order valence-electron chi connectivity index (χ4n) is 3.84. The molecule has 2 atom stereocenters. The summed E-state index contributed by atoms with van der Waals surface area (Å²) < 4.78 is 6.01.